The molecule has 0 spiro atoms. The highest BCUT2D eigenvalue weighted by molar-refractivity contribution is 5.82. The summed E-state index contributed by atoms with van der Waals surface area (Å²) in [5, 5.41) is 6.25. The largest absolute Gasteiger partial charge is 0.381 e. The molecule has 1 unspecified atom stereocenters. The highest BCUT2D eigenvalue weighted by atomic mass is 16.5. The summed E-state index contributed by atoms with van der Waals surface area (Å²) in [7, 11) is 0. The normalized spacial score (nSPS) is 27.1. The summed E-state index contributed by atoms with van der Waals surface area (Å²) in [6.45, 7) is 8.20. The van der Waals surface area contributed by atoms with Crippen molar-refractivity contribution in [2.45, 2.75) is 25.8 Å². The fourth-order valence-electron chi connectivity index (χ4n) is 2.78. The molecule has 2 saturated heterocycles. The van der Waals surface area contributed by atoms with Crippen LogP contribution in [0.1, 0.15) is 19.8 Å². The average Bonchev–Trinajstić information content (AvgIpc) is 2.41. The van der Waals surface area contributed by atoms with Gasteiger partial charge in [0.15, 0.2) is 0 Å². The second kappa shape index (κ2) is 7.07. The van der Waals surface area contributed by atoms with Gasteiger partial charge in [-0.05, 0) is 25.7 Å². The lowest BCUT2D eigenvalue weighted by molar-refractivity contribution is -0.127. The maximum atomic E-state index is 12.0. The molecule has 2 aliphatic rings. The first-order chi connectivity index (χ1) is 8.81. The number of carbonyl (C=O) groups is 1. The maximum absolute atomic E-state index is 12.0. The van der Waals surface area contributed by atoms with Crippen molar-refractivity contribution in [2.24, 2.45) is 5.92 Å². The van der Waals surface area contributed by atoms with E-state index < -0.39 is 0 Å². The first kappa shape index (κ1) is 13.8. The van der Waals surface area contributed by atoms with Crippen LogP contribution in [-0.2, 0) is 9.53 Å². The first-order valence-electron chi connectivity index (χ1n) is 7.11. The molecule has 0 aromatic carbocycles. The van der Waals surface area contributed by atoms with Gasteiger partial charge in [0.25, 0.3) is 0 Å². The van der Waals surface area contributed by atoms with Gasteiger partial charge in [-0.25, -0.2) is 0 Å². The van der Waals surface area contributed by atoms with Gasteiger partial charge in [0.05, 0.1) is 0 Å². The van der Waals surface area contributed by atoms with Crippen molar-refractivity contribution in [3.8, 4) is 0 Å². The molecule has 5 nitrogen and oxygen atoms in total. The lowest BCUT2D eigenvalue weighted by Gasteiger charge is -2.38. The molecule has 104 valence electrons. The molecule has 0 saturated carbocycles. The zero-order chi connectivity index (χ0) is 12.8. The molecular formula is C13H25N3O2. The van der Waals surface area contributed by atoms with E-state index >= 15 is 0 Å². The average molecular weight is 255 g/mol. The smallest absolute Gasteiger partial charge is 0.238 e. The molecule has 0 radical (unpaired) electrons. The summed E-state index contributed by atoms with van der Waals surface area (Å²) in [5.41, 5.74) is 0. The van der Waals surface area contributed by atoms with Crippen molar-refractivity contribution in [3.63, 3.8) is 0 Å². The van der Waals surface area contributed by atoms with Crippen LogP contribution in [0.25, 0.3) is 0 Å². The third-order valence-corrected chi connectivity index (χ3v) is 3.84. The molecule has 2 aliphatic heterocycles. The van der Waals surface area contributed by atoms with Gasteiger partial charge in [-0.1, -0.05) is 0 Å². The Morgan fingerprint density at radius 2 is 2.22 bits per heavy atom. The van der Waals surface area contributed by atoms with Gasteiger partial charge in [-0.2, -0.15) is 0 Å². The summed E-state index contributed by atoms with van der Waals surface area (Å²) in [4.78, 5) is 14.4. The monoisotopic (exact) mass is 255 g/mol. The van der Waals surface area contributed by atoms with Crippen LogP contribution < -0.4 is 10.6 Å². The summed E-state index contributed by atoms with van der Waals surface area (Å²) in [5.74, 6) is 0.852. The Kier molecular flexibility index (Phi) is 5.41. The van der Waals surface area contributed by atoms with Crippen LogP contribution in [-0.4, -0.2) is 62.8 Å². The second-order valence-corrected chi connectivity index (χ2v) is 5.17. The van der Waals surface area contributed by atoms with Crippen LogP contribution in [0.3, 0.4) is 0 Å². The van der Waals surface area contributed by atoms with E-state index in [0.29, 0.717) is 12.5 Å². The Balaban J connectivity index is 1.88. The van der Waals surface area contributed by atoms with Crippen molar-refractivity contribution >= 4 is 5.91 Å². The zero-order valence-electron chi connectivity index (χ0n) is 11.3. The van der Waals surface area contributed by atoms with Crippen LogP contribution in [0.4, 0.5) is 0 Å². The molecule has 1 amide bonds. The molecule has 1 atom stereocenters. The third-order valence-electron chi connectivity index (χ3n) is 3.84. The highest BCUT2D eigenvalue weighted by Gasteiger charge is 2.30. The molecule has 0 bridgehead atoms. The number of hydrogen-bond acceptors (Lipinski definition) is 4. The molecular weight excluding hydrogens is 230 g/mol. The van der Waals surface area contributed by atoms with Gasteiger partial charge in [0.2, 0.25) is 5.91 Å². The number of nitrogens with zero attached hydrogens (tertiary/aromatic N) is 1. The quantitative estimate of drug-likeness (QED) is 0.732. The van der Waals surface area contributed by atoms with Crippen molar-refractivity contribution < 1.29 is 9.53 Å². The van der Waals surface area contributed by atoms with Gasteiger partial charge in [-0.15, -0.1) is 0 Å². The minimum atomic E-state index is 0.00143. The number of hydrogen-bond donors (Lipinski definition) is 2. The molecule has 0 aliphatic carbocycles. The zero-order valence-corrected chi connectivity index (χ0v) is 11.3. The first-order valence-corrected chi connectivity index (χ1v) is 7.11. The summed E-state index contributed by atoms with van der Waals surface area (Å²) >= 11 is 0. The summed E-state index contributed by atoms with van der Waals surface area (Å²) in [6, 6.07) is 0.00143. The molecule has 2 fully saturated rings. The highest BCUT2D eigenvalue weighted by Crippen LogP contribution is 2.18. The van der Waals surface area contributed by atoms with Crippen molar-refractivity contribution in [1.29, 1.82) is 0 Å². The predicted octanol–water partition coefficient (Wildman–Crippen LogP) is -0.177. The van der Waals surface area contributed by atoms with E-state index in [1.165, 1.54) is 0 Å². The van der Waals surface area contributed by atoms with Crippen molar-refractivity contribution in [1.82, 2.24) is 15.5 Å². The summed E-state index contributed by atoms with van der Waals surface area (Å²) in [6.07, 6.45) is 2.26. The Bertz CT molecular complexity index is 267. The Hall–Kier alpha value is -0.650. The number of carbonyl (C=O) groups excluding carboxylic acids is 1. The Morgan fingerprint density at radius 1 is 1.44 bits per heavy atom. The lowest BCUT2D eigenvalue weighted by Crippen LogP contribution is -2.58. The van der Waals surface area contributed by atoms with E-state index in [0.717, 1.165) is 52.2 Å². The number of amides is 1. The molecule has 18 heavy (non-hydrogen) atoms. The van der Waals surface area contributed by atoms with Gasteiger partial charge in [0.1, 0.15) is 6.04 Å². The predicted molar refractivity (Wildman–Crippen MR) is 70.5 cm³/mol. The van der Waals surface area contributed by atoms with Gasteiger partial charge in [-0.3, -0.25) is 9.69 Å². The van der Waals surface area contributed by atoms with Crippen LogP contribution in [0.5, 0.6) is 0 Å². The van der Waals surface area contributed by atoms with Gasteiger partial charge in [0, 0.05) is 45.9 Å². The number of piperazine rings is 1. The molecule has 2 heterocycles. The molecule has 0 aromatic heterocycles. The molecule has 5 heteroatoms. The van der Waals surface area contributed by atoms with E-state index in [1.54, 1.807) is 0 Å². The topological polar surface area (TPSA) is 53.6 Å². The second-order valence-electron chi connectivity index (χ2n) is 5.17. The van der Waals surface area contributed by atoms with E-state index in [2.05, 4.69) is 15.5 Å². The standard InChI is InChI=1S/C13H25N3O2/c1-2-15-13(17)12-9-14-5-6-16(12)10-11-3-7-18-8-4-11/h11-12,14H,2-10H2,1H3,(H,15,17). The third kappa shape index (κ3) is 3.67. The fraction of sp³-hybridized carbons (Fsp3) is 0.923. The minimum absolute atomic E-state index is 0.00143. The molecule has 2 N–H and O–H groups in total. The lowest BCUT2D eigenvalue weighted by atomic mass is 9.98. The van der Waals surface area contributed by atoms with Crippen LogP contribution in [0.15, 0.2) is 0 Å². The molecule has 0 aromatic rings. The number of likely N-dealkylation sites (N-methyl/N-ethyl adjacent to an activating group) is 1. The Labute approximate surface area is 109 Å². The summed E-state index contributed by atoms with van der Waals surface area (Å²) < 4.78 is 5.39. The minimum Gasteiger partial charge on any atom is -0.381 e. The van der Waals surface area contributed by atoms with E-state index in [1.807, 2.05) is 6.92 Å². The Morgan fingerprint density at radius 3 is 2.94 bits per heavy atom. The van der Waals surface area contributed by atoms with Crippen molar-refractivity contribution in [3.05, 3.63) is 0 Å². The number of nitrogens with one attached hydrogen (secondary N) is 2. The van der Waals surface area contributed by atoms with Crippen LogP contribution in [0.2, 0.25) is 0 Å². The SMILES string of the molecule is CCNC(=O)C1CNCCN1CC1CCOCC1. The van der Waals surface area contributed by atoms with Crippen LogP contribution >= 0.6 is 0 Å². The maximum Gasteiger partial charge on any atom is 0.238 e. The van der Waals surface area contributed by atoms with E-state index in [9.17, 15) is 4.79 Å². The van der Waals surface area contributed by atoms with Crippen molar-refractivity contribution in [2.75, 3.05) is 45.9 Å². The van der Waals surface area contributed by atoms with E-state index in [4.69, 9.17) is 4.74 Å². The molecule has 2 rings (SSSR count). The van der Waals surface area contributed by atoms with Gasteiger partial charge < -0.3 is 15.4 Å². The van der Waals surface area contributed by atoms with Crippen LogP contribution in [0, 0.1) is 5.92 Å². The fourth-order valence-corrected chi connectivity index (χ4v) is 2.78. The van der Waals surface area contributed by atoms with Gasteiger partial charge >= 0.3 is 0 Å². The van der Waals surface area contributed by atoms with E-state index in [-0.39, 0.29) is 11.9 Å². The number of ether oxygens (including phenoxy) is 1. The number of rotatable bonds is 4.